The van der Waals surface area contributed by atoms with Gasteiger partial charge in [-0.1, -0.05) is 109 Å². The highest BCUT2D eigenvalue weighted by Gasteiger charge is 2.64. The molecular formula is C39H32O6S. The van der Waals surface area contributed by atoms with Gasteiger partial charge in [-0.25, -0.2) is 13.2 Å². The molecular weight excluding hydrogens is 596 g/mol. The number of esters is 1. The number of carbonyl (C=O) groups is 2. The number of fused-ring (bicyclic) bond motifs is 6. The van der Waals surface area contributed by atoms with Crippen LogP contribution in [0.4, 0.5) is 0 Å². The van der Waals surface area contributed by atoms with Crippen molar-refractivity contribution in [1.82, 2.24) is 0 Å². The first kappa shape index (κ1) is 29.7. The third kappa shape index (κ3) is 4.18. The van der Waals surface area contributed by atoms with E-state index in [1.165, 1.54) is 0 Å². The molecule has 0 saturated heterocycles. The lowest BCUT2D eigenvalue weighted by atomic mass is 9.90. The van der Waals surface area contributed by atoms with Crippen molar-refractivity contribution in [2.24, 2.45) is 0 Å². The molecule has 2 aliphatic rings. The summed E-state index contributed by atoms with van der Waals surface area (Å²) in [6, 6.07) is 34.0. The van der Waals surface area contributed by atoms with E-state index in [0.29, 0.717) is 22.3 Å². The number of hydrogen-bond donors (Lipinski definition) is 0. The van der Waals surface area contributed by atoms with Crippen molar-refractivity contribution in [3.8, 4) is 22.3 Å². The second-order valence-electron chi connectivity index (χ2n) is 12.0. The topological polar surface area (TPSA) is 86.7 Å². The maximum Gasteiger partial charge on any atom is 0.368 e. The monoisotopic (exact) mass is 628 g/mol. The number of ether oxygens (including phenoxy) is 2. The molecule has 1 atom stereocenters. The van der Waals surface area contributed by atoms with E-state index in [1.54, 1.807) is 44.2 Å². The molecule has 0 bridgehead atoms. The molecule has 5 aromatic rings. The molecule has 230 valence electrons. The van der Waals surface area contributed by atoms with E-state index >= 15 is 8.42 Å². The average molecular weight is 629 g/mol. The molecule has 1 unspecified atom stereocenters. The first-order chi connectivity index (χ1) is 22.2. The largest absolute Gasteiger partial charge is 0.461 e. The summed E-state index contributed by atoms with van der Waals surface area (Å²) < 4.78 is 42.5. The van der Waals surface area contributed by atoms with E-state index in [4.69, 9.17) is 9.47 Å². The van der Waals surface area contributed by atoms with Crippen molar-refractivity contribution in [2.75, 3.05) is 6.61 Å². The van der Waals surface area contributed by atoms with Gasteiger partial charge in [-0.05, 0) is 82.0 Å². The summed E-state index contributed by atoms with van der Waals surface area (Å²) in [5.74, 6) is -2.66. The molecule has 0 aromatic heterocycles. The Kier molecular flexibility index (Phi) is 7.17. The summed E-state index contributed by atoms with van der Waals surface area (Å²) in [4.78, 5) is 24.6. The average Bonchev–Trinajstić information content (AvgIpc) is 3.57. The lowest BCUT2D eigenvalue weighted by Crippen LogP contribution is -2.55. The minimum Gasteiger partial charge on any atom is -0.461 e. The molecule has 7 heteroatoms. The van der Waals surface area contributed by atoms with Gasteiger partial charge >= 0.3 is 10.9 Å². The van der Waals surface area contributed by atoms with Gasteiger partial charge in [-0.2, -0.15) is 0 Å². The van der Waals surface area contributed by atoms with Crippen LogP contribution in [0.2, 0.25) is 0 Å². The Balaban J connectivity index is 1.44. The third-order valence-electron chi connectivity index (χ3n) is 9.61. The predicted molar refractivity (Wildman–Crippen MR) is 176 cm³/mol. The molecule has 0 spiro atoms. The van der Waals surface area contributed by atoms with Crippen molar-refractivity contribution in [1.29, 1.82) is 0 Å². The Labute approximate surface area is 268 Å². The number of sulfone groups is 1. The molecule has 0 N–H and O–H groups in total. The zero-order valence-corrected chi connectivity index (χ0v) is 26.5. The highest BCUT2D eigenvalue weighted by atomic mass is 32.2. The van der Waals surface area contributed by atoms with Crippen LogP contribution in [0.5, 0.6) is 0 Å². The molecule has 7 rings (SSSR count). The Morgan fingerprint density at radius 1 is 0.674 bits per heavy atom. The number of carbonyl (C=O) groups excluding carboxylic acids is 2. The second kappa shape index (κ2) is 11.1. The van der Waals surface area contributed by atoms with Crippen LogP contribution in [-0.2, 0) is 28.9 Å². The molecule has 0 amide bonds. The lowest BCUT2D eigenvalue weighted by molar-refractivity contribution is -0.167. The van der Waals surface area contributed by atoms with E-state index in [9.17, 15) is 9.59 Å². The number of hydrogen-bond acceptors (Lipinski definition) is 6. The summed E-state index contributed by atoms with van der Waals surface area (Å²) in [6.07, 6.45) is 0. The summed E-state index contributed by atoms with van der Waals surface area (Å²) in [5.41, 5.74) is 8.31. The number of aryl methyl sites for hydroxylation is 2. The van der Waals surface area contributed by atoms with Crippen LogP contribution in [0, 0.1) is 20.8 Å². The van der Waals surface area contributed by atoms with Crippen molar-refractivity contribution < 1.29 is 27.5 Å². The third-order valence-corrected chi connectivity index (χ3v) is 12.1. The lowest BCUT2D eigenvalue weighted by Gasteiger charge is -2.36. The smallest absolute Gasteiger partial charge is 0.368 e. The van der Waals surface area contributed by atoms with Gasteiger partial charge in [-0.15, -0.1) is 0 Å². The maximum atomic E-state index is 15.3. The molecule has 0 radical (unpaired) electrons. The Morgan fingerprint density at radius 2 is 1.11 bits per heavy atom. The van der Waals surface area contributed by atoms with Gasteiger partial charge in [-0.3, -0.25) is 4.79 Å². The fourth-order valence-corrected chi connectivity index (χ4v) is 9.76. The number of rotatable bonds is 8. The zero-order chi connectivity index (χ0) is 32.2. The first-order valence-corrected chi connectivity index (χ1v) is 16.7. The van der Waals surface area contributed by atoms with E-state index < -0.39 is 26.7 Å². The first-order valence-electron chi connectivity index (χ1n) is 15.2. The van der Waals surface area contributed by atoms with Gasteiger partial charge in [0.2, 0.25) is 9.84 Å². The van der Waals surface area contributed by atoms with Crippen LogP contribution in [0.25, 0.3) is 22.3 Å². The van der Waals surface area contributed by atoms with Crippen LogP contribution < -0.4 is 0 Å². The van der Waals surface area contributed by atoms with Crippen LogP contribution in [0.3, 0.4) is 0 Å². The van der Waals surface area contributed by atoms with Gasteiger partial charge in [0.15, 0.2) is 0 Å². The molecule has 2 aliphatic carbocycles. The normalized spacial score (nSPS) is 14.8. The van der Waals surface area contributed by atoms with Crippen LogP contribution in [-0.4, -0.2) is 32.4 Å². The second-order valence-corrected chi connectivity index (χ2v) is 14.0. The molecule has 0 fully saturated rings. The molecule has 6 nitrogen and oxygen atoms in total. The van der Waals surface area contributed by atoms with E-state index in [1.807, 2.05) is 85.8 Å². The predicted octanol–water partition coefficient (Wildman–Crippen LogP) is 7.42. The van der Waals surface area contributed by atoms with Crippen LogP contribution in [0.1, 0.15) is 50.8 Å². The van der Waals surface area contributed by atoms with E-state index in [0.717, 1.165) is 38.9 Å². The Bertz CT molecular complexity index is 2060. The summed E-state index contributed by atoms with van der Waals surface area (Å²) in [6.45, 7) is 5.11. The van der Waals surface area contributed by atoms with Crippen molar-refractivity contribution in [2.45, 2.75) is 42.4 Å². The fraction of sp³-hybridized carbons (Fsp3) is 0.179. The van der Waals surface area contributed by atoms with Crippen molar-refractivity contribution in [3.05, 3.63) is 148 Å². The minimum atomic E-state index is -4.77. The van der Waals surface area contributed by atoms with Crippen molar-refractivity contribution >= 4 is 22.3 Å². The van der Waals surface area contributed by atoms with Gasteiger partial charge in [0.1, 0.15) is 6.61 Å². The SMILES string of the molecule is Cc1ccc(C)c(S(=O)(=O)C(OC=O)(C(=O)OCC2c3ccccc3-c3ccccc32)C2c3ccccc3-c3ccccc32)c1C. The molecule has 46 heavy (non-hydrogen) atoms. The van der Waals surface area contributed by atoms with E-state index in [2.05, 4.69) is 0 Å². The van der Waals surface area contributed by atoms with Crippen LogP contribution in [0.15, 0.2) is 114 Å². The molecule has 5 aromatic carbocycles. The molecule has 0 saturated carbocycles. The Morgan fingerprint density at radius 3 is 1.61 bits per heavy atom. The molecule has 0 aliphatic heterocycles. The summed E-state index contributed by atoms with van der Waals surface area (Å²) >= 11 is 0. The summed E-state index contributed by atoms with van der Waals surface area (Å²) in [5, 5.41) is 0. The maximum absolute atomic E-state index is 15.3. The Hall–Kier alpha value is -5.01. The quantitative estimate of drug-likeness (QED) is 0.131. The molecule has 0 heterocycles. The standard InChI is InChI=1S/C39H32O6S/c1-24-20-21-25(2)37(26(24)3)46(42,43)39(45-23-40,36-33-18-10-8-14-29(33)30-15-9-11-19-34(30)36)38(41)44-22-35-31-16-6-4-12-27(31)28-13-5-7-17-32(28)35/h4-21,23,35-36H,22H2,1-3H3. The van der Waals surface area contributed by atoms with Crippen molar-refractivity contribution in [3.63, 3.8) is 0 Å². The highest BCUT2D eigenvalue weighted by molar-refractivity contribution is 7.93. The number of benzene rings is 5. The highest BCUT2D eigenvalue weighted by Crippen LogP contribution is 2.55. The summed E-state index contributed by atoms with van der Waals surface area (Å²) in [7, 11) is -4.77. The van der Waals surface area contributed by atoms with Crippen LogP contribution >= 0.6 is 0 Å². The van der Waals surface area contributed by atoms with Gasteiger partial charge in [0.25, 0.3) is 6.47 Å². The van der Waals surface area contributed by atoms with Gasteiger partial charge in [0, 0.05) is 5.92 Å². The van der Waals surface area contributed by atoms with Gasteiger partial charge in [0.05, 0.1) is 10.8 Å². The van der Waals surface area contributed by atoms with Gasteiger partial charge < -0.3 is 9.47 Å². The fourth-order valence-electron chi connectivity index (χ4n) is 7.39. The zero-order valence-electron chi connectivity index (χ0n) is 25.7. The van der Waals surface area contributed by atoms with E-state index in [-0.39, 0.29) is 23.9 Å². The minimum absolute atomic E-state index is 0.0512.